The first-order valence-corrected chi connectivity index (χ1v) is 7.15. The third kappa shape index (κ3) is 2.31. The number of rotatable bonds is 4. The van der Waals surface area contributed by atoms with Crippen LogP contribution in [0.15, 0.2) is 10.8 Å². The maximum absolute atomic E-state index is 5.30. The molecule has 2 unspecified atom stereocenters. The zero-order valence-corrected chi connectivity index (χ0v) is 11.4. The highest BCUT2D eigenvalue weighted by Crippen LogP contribution is 2.30. The molecule has 2 saturated heterocycles. The van der Waals surface area contributed by atoms with E-state index in [0.717, 1.165) is 36.6 Å². The van der Waals surface area contributed by atoms with Gasteiger partial charge in [-0.1, -0.05) is 6.92 Å². The molecule has 100 valence electrons. The number of hydrogen-bond donors (Lipinski definition) is 1. The SMILES string of the molecule is CCN(Cc1ncoc1C)C1CC2CCC(C1)N2. The van der Waals surface area contributed by atoms with Crippen molar-refractivity contribution in [3.63, 3.8) is 0 Å². The molecule has 0 aliphatic carbocycles. The van der Waals surface area contributed by atoms with Gasteiger partial charge in [-0.15, -0.1) is 0 Å². The first-order chi connectivity index (χ1) is 8.76. The summed E-state index contributed by atoms with van der Waals surface area (Å²) in [5, 5.41) is 3.71. The summed E-state index contributed by atoms with van der Waals surface area (Å²) in [6.45, 7) is 6.28. The summed E-state index contributed by atoms with van der Waals surface area (Å²) in [5.41, 5.74) is 1.10. The van der Waals surface area contributed by atoms with Gasteiger partial charge in [0.2, 0.25) is 0 Å². The molecule has 4 nitrogen and oxygen atoms in total. The van der Waals surface area contributed by atoms with Gasteiger partial charge in [-0.05, 0) is 39.2 Å². The summed E-state index contributed by atoms with van der Waals surface area (Å²) in [5.74, 6) is 0.963. The van der Waals surface area contributed by atoms with Crippen LogP contribution in [0.4, 0.5) is 0 Å². The second-order valence-electron chi connectivity index (χ2n) is 5.68. The normalized spacial score (nSPS) is 31.2. The Morgan fingerprint density at radius 2 is 2.11 bits per heavy atom. The molecule has 2 fully saturated rings. The molecule has 1 N–H and O–H groups in total. The minimum Gasteiger partial charge on any atom is -0.448 e. The molecular weight excluding hydrogens is 226 g/mol. The fraction of sp³-hybridized carbons (Fsp3) is 0.786. The Hall–Kier alpha value is -0.870. The lowest BCUT2D eigenvalue weighted by Gasteiger charge is -2.37. The van der Waals surface area contributed by atoms with Crippen molar-refractivity contribution < 1.29 is 4.42 Å². The second-order valence-corrected chi connectivity index (χ2v) is 5.68. The number of aromatic nitrogens is 1. The van der Waals surface area contributed by atoms with Crippen molar-refractivity contribution >= 4 is 0 Å². The van der Waals surface area contributed by atoms with Gasteiger partial charge < -0.3 is 9.73 Å². The van der Waals surface area contributed by atoms with Gasteiger partial charge >= 0.3 is 0 Å². The van der Waals surface area contributed by atoms with E-state index >= 15 is 0 Å². The molecule has 2 bridgehead atoms. The zero-order chi connectivity index (χ0) is 12.5. The van der Waals surface area contributed by atoms with Crippen molar-refractivity contribution in [1.82, 2.24) is 15.2 Å². The topological polar surface area (TPSA) is 41.3 Å². The highest BCUT2D eigenvalue weighted by molar-refractivity contribution is 5.05. The number of fused-ring (bicyclic) bond motifs is 2. The summed E-state index contributed by atoms with van der Waals surface area (Å²) in [6.07, 6.45) is 6.87. The minimum absolute atomic E-state index is 0.713. The van der Waals surface area contributed by atoms with Gasteiger partial charge in [0.25, 0.3) is 0 Å². The van der Waals surface area contributed by atoms with E-state index in [0.29, 0.717) is 6.04 Å². The van der Waals surface area contributed by atoms with E-state index in [1.807, 2.05) is 6.92 Å². The van der Waals surface area contributed by atoms with Crippen molar-refractivity contribution in [1.29, 1.82) is 0 Å². The van der Waals surface area contributed by atoms with Crippen LogP contribution in [0.2, 0.25) is 0 Å². The monoisotopic (exact) mass is 249 g/mol. The van der Waals surface area contributed by atoms with Crippen LogP contribution in [0, 0.1) is 6.92 Å². The Labute approximate surface area is 109 Å². The lowest BCUT2D eigenvalue weighted by atomic mass is 9.98. The number of aryl methyl sites for hydroxylation is 1. The number of piperidine rings is 1. The van der Waals surface area contributed by atoms with Crippen LogP contribution in [-0.4, -0.2) is 34.6 Å². The summed E-state index contributed by atoms with van der Waals surface area (Å²) < 4.78 is 5.30. The predicted octanol–water partition coefficient (Wildman–Crippen LogP) is 2.09. The molecule has 0 spiro atoms. The Bertz CT molecular complexity index is 391. The van der Waals surface area contributed by atoms with E-state index in [2.05, 4.69) is 22.1 Å². The van der Waals surface area contributed by atoms with Gasteiger partial charge in [0, 0.05) is 24.7 Å². The second kappa shape index (κ2) is 5.02. The Morgan fingerprint density at radius 1 is 1.39 bits per heavy atom. The summed E-state index contributed by atoms with van der Waals surface area (Å²) >= 11 is 0. The maximum Gasteiger partial charge on any atom is 0.181 e. The van der Waals surface area contributed by atoms with Gasteiger partial charge in [-0.25, -0.2) is 4.98 Å². The Kier molecular flexibility index (Phi) is 3.39. The Balaban J connectivity index is 1.67. The standard InChI is InChI=1S/C14H23N3O/c1-3-17(8-14-10(2)18-9-15-14)13-6-11-4-5-12(7-13)16-11/h9,11-13,16H,3-8H2,1-2H3. The molecule has 18 heavy (non-hydrogen) atoms. The first-order valence-electron chi connectivity index (χ1n) is 7.15. The fourth-order valence-electron chi connectivity index (χ4n) is 3.50. The first kappa shape index (κ1) is 12.2. The Morgan fingerprint density at radius 3 is 2.67 bits per heavy atom. The smallest absolute Gasteiger partial charge is 0.181 e. The van der Waals surface area contributed by atoms with Crippen molar-refractivity contribution in [2.75, 3.05) is 6.54 Å². The van der Waals surface area contributed by atoms with Gasteiger partial charge in [-0.2, -0.15) is 0 Å². The lowest BCUT2D eigenvalue weighted by molar-refractivity contribution is 0.139. The van der Waals surface area contributed by atoms with Crippen LogP contribution in [0.25, 0.3) is 0 Å². The van der Waals surface area contributed by atoms with E-state index in [1.54, 1.807) is 6.39 Å². The van der Waals surface area contributed by atoms with E-state index in [4.69, 9.17) is 4.42 Å². The molecule has 3 heterocycles. The van der Waals surface area contributed by atoms with Crippen LogP contribution >= 0.6 is 0 Å². The predicted molar refractivity (Wildman–Crippen MR) is 70.3 cm³/mol. The number of nitrogens with one attached hydrogen (secondary N) is 1. The van der Waals surface area contributed by atoms with Crippen LogP contribution in [0.3, 0.4) is 0 Å². The average Bonchev–Trinajstić information content (AvgIpc) is 2.92. The average molecular weight is 249 g/mol. The molecule has 1 aromatic heterocycles. The zero-order valence-electron chi connectivity index (χ0n) is 11.4. The van der Waals surface area contributed by atoms with Gasteiger partial charge in [0.1, 0.15) is 5.76 Å². The molecule has 0 radical (unpaired) electrons. The van der Waals surface area contributed by atoms with Crippen molar-refractivity contribution in [2.24, 2.45) is 0 Å². The molecule has 0 saturated carbocycles. The van der Waals surface area contributed by atoms with Gasteiger partial charge in [0.15, 0.2) is 6.39 Å². The van der Waals surface area contributed by atoms with E-state index in [-0.39, 0.29) is 0 Å². The quantitative estimate of drug-likeness (QED) is 0.887. The molecule has 2 atom stereocenters. The number of oxazole rings is 1. The molecule has 3 rings (SSSR count). The van der Waals surface area contributed by atoms with E-state index in [1.165, 1.54) is 25.7 Å². The molecule has 4 heteroatoms. The number of nitrogens with zero attached hydrogens (tertiary/aromatic N) is 2. The fourth-order valence-corrected chi connectivity index (χ4v) is 3.50. The molecule has 2 aliphatic heterocycles. The van der Waals surface area contributed by atoms with Gasteiger partial charge in [-0.3, -0.25) is 4.90 Å². The maximum atomic E-state index is 5.30. The molecule has 0 aromatic carbocycles. The highest BCUT2D eigenvalue weighted by Gasteiger charge is 2.35. The van der Waals surface area contributed by atoms with Crippen molar-refractivity contribution in [3.05, 3.63) is 17.8 Å². The molecule has 2 aliphatic rings. The summed E-state index contributed by atoms with van der Waals surface area (Å²) in [7, 11) is 0. The molecule has 1 aromatic rings. The lowest BCUT2D eigenvalue weighted by Crippen LogP contribution is -2.48. The third-order valence-electron chi connectivity index (χ3n) is 4.57. The summed E-state index contributed by atoms with van der Waals surface area (Å²) in [6, 6.07) is 2.22. The van der Waals surface area contributed by atoms with Crippen LogP contribution in [-0.2, 0) is 6.54 Å². The van der Waals surface area contributed by atoms with Crippen LogP contribution in [0.1, 0.15) is 44.1 Å². The summed E-state index contributed by atoms with van der Waals surface area (Å²) in [4.78, 5) is 6.89. The highest BCUT2D eigenvalue weighted by atomic mass is 16.3. The van der Waals surface area contributed by atoms with Crippen LogP contribution < -0.4 is 5.32 Å². The molecular formula is C14H23N3O. The number of hydrogen-bond acceptors (Lipinski definition) is 4. The van der Waals surface area contributed by atoms with Gasteiger partial charge in [0.05, 0.1) is 5.69 Å². The third-order valence-corrected chi connectivity index (χ3v) is 4.57. The van der Waals surface area contributed by atoms with Crippen molar-refractivity contribution in [2.45, 2.75) is 64.2 Å². The van der Waals surface area contributed by atoms with Crippen LogP contribution in [0.5, 0.6) is 0 Å². The minimum atomic E-state index is 0.713. The van der Waals surface area contributed by atoms with Crippen molar-refractivity contribution in [3.8, 4) is 0 Å². The molecule has 0 amide bonds. The van der Waals surface area contributed by atoms with E-state index < -0.39 is 0 Å². The van der Waals surface area contributed by atoms with E-state index in [9.17, 15) is 0 Å². The largest absolute Gasteiger partial charge is 0.448 e.